The van der Waals surface area contributed by atoms with Crippen molar-refractivity contribution in [1.82, 2.24) is 25.2 Å². The van der Waals surface area contributed by atoms with Crippen LogP contribution in [0.15, 0.2) is 54.6 Å². The molecule has 3 aliphatic rings. The van der Waals surface area contributed by atoms with Crippen molar-refractivity contribution in [3.05, 3.63) is 54.6 Å². The van der Waals surface area contributed by atoms with Gasteiger partial charge >= 0.3 is 0 Å². The van der Waals surface area contributed by atoms with Crippen LogP contribution in [0.3, 0.4) is 0 Å². The molecule has 3 aromatic rings. The number of carbonyl (C=O) groups excluding carboxylic acids is 3. The predicted octanol–water partition coefficient (Wildman–Crippen LogP) is 2.01. The Morgan fingerprint density at radius 1 is 1.11 bits per heavy atom. The van der Waals surface area contributed by atoms with Crippen LogP contribution in [0.25, 0.3) is 11.0 Å². The van der Waals surface area contributed by atoms with Gasteiger partial charge in [-0.1, -0.05) is 35.5 Å². The maximum Gasteiger partial charge on any atom is 0.245 e. The molecule has 1 aromatic heterocycles. The summed E-state index contributed by atoms with van der Waals surface area (Å²) < 4.78 is 0.450. The molecule has 1 spiro atoms. The van der Waals surface area contributed by atoms with Crippen LogP contribution in [0, 0.1) is 11.8 Å². The number of anilines is 1. The first kappa shape index (κ1) is 24.9. The number of hydrogen-bond acceptors (Lipinski definition) is 7. The Morgan fingerprint density at radius 3 is 2.66 bits per heavy atom. The first-order valence-corrected chi connectivity index (χ1v) is 13.7. The highest BCUT2D eigenvalue weighted by atomic mass is 32.2. The van der Waals surface area contributed by atoms with Gasteiger partial charge in [0.2, 0.25) is 17.7 Å². The zero-order valence-corrected chi connectivity index (χ0v) is 21.9. The highest BCUT2D eigenvalue weighted by Crippen LogP contribution is 2.71. The van der Waals surface area contributed by atoms with Crippen LogP contribution < -0.4 is 10.6 Å². The van der Waals surface area contributed by atoms with E-state index in [1.54, 1.807) is 21.3 Å². The Kier molecular flexibility index (Phi) is 6.14. The Labute approximate surface area is 224 Å². The molecule has 10 nitrogen and oxygen atoms in total. The molecule has 0 radical (unpaired) electrons. The number of amides is 3. The Bertz CT molecular complexity index is 1400. The van der Waals surface area contributed by atoms with Gasteiger partial charge in [0, 0.05) is 23.6 Å². The largest absolute Gasteiger partial charge is 0.396 e. The summed E-state index contributed by atoms with van der Waals surface area (Å²) >= 11 is 1.62. The molecule has 198 valence electrons. The fourth-order valence-electron chi connectivity index (χ4n) is 6.63. The quantitative estimate of drug-likeness (QED) is 0.403. The molecular formula is C27H30N6O4S. The van der Waals surface area contributed by atoms with Gasteiger partial charge < -0.3 is 20.6 Å². The van der Waals surface area contributed by atoms with Crippen molar-refractivity contribution in [1.29, 1.82) is 0 Å². The third kappa shape index (κ3) is 3.79. The third-order valence-corrected chi connectivity index (χ3v) is 10.2. The average molecular weight is 535 g/mol. The second-order valence-electron chi connectivity index (χ2n) is 10.5. The van der Waals surface area contributed by atoms with Crippen LogP contribution in [0.2, 0.25) is 0 Å². The van der Waals surface area contributed by atoms with Crippen molar-refractivity contribution in [2.45, 2.75) is 48.4 Å². The van der Waals surface area contributed by atoms with E-state index in [0.717, 1.165) is 17.5 Å². The molecule has 6 rings (SSSR count). The summed E-state index contributed by atoms with van der Waals surface area (Å²) in [6, 6.07) is 16.0. The zero-order valence-electron chi connectivity index (χ0n) is 21.0. The second-order valence-corrected chi connectivity index (χ2v) is 12.4. The number of likely N-dealkylation sites (tertiary alicyclic amines) is 1. The van der Waals surface area contributed by atoms with E-state index in [0.29, 0.717) is 18.5 Å². The molecule has 3 amide bonds. The van der Waals surface area contributed by atoms with Crippen molar-refractivity contribution >= 4 is 46.2 Å². The van der Waals surface area contributed by atoms with Gasteiger partial charge in [-0.15, -0.1) is 16.9 Å². The van der Waals surface area contributed by atoms with Crippen LogP contribution in [0.4, 0.5) is 5.69 Å². The van der Waals surface area contributed by atoms with Crippen molar-refractivity contribution in [3.8, 4) is 0 Å². The molecule has 4 heterocycles. The van der Waals surface area contributed by atoms with Crippen LogP contribution in [-0.2, 0) is 21.1 Å². The third-order valence-electron chi connectivity index (χ3n) is 8.23. The van der Waals surface area contributed by atoms with Gasteiger partial charge in [0.1, 0.15) is 18.2 Å². The van der Waals surface area contributed by atoms with Crippen molar-refractivity contribution in [2.24, 2.45) is 11.8 Å². The Balaban J connectivity index is 1.30. The predicted molar refractivity (Wildman–Crippen MR) is 143 cm³/mol. The topological polar surface area (TPSA) is 129 Å². The van der Waals surface area contributed by atoms with Gasteiger partial charge in [-0.25, -0.2) is 4.68 Å². The van der Waals surface area contributed by atoms with E-state index < -0.39 is 27.4 Å². The van der Waals surface area contributed by atoms with E-state index in [4.69, 9.17) is 0 Å². The molecule has 3 N–H and O–H groups in total. The minimum Gasteiger partial charge on any atom is -0.396 e. The van der Waals surface area contributed by atoms with Gasteiger partial charge in [0.25, 0.3) is 0 Å². The van der Waals surface area contributed by atoms with E-state index >= 15 is 0 Å². The maximum atomic E-state index is 14.0. The Morgan fingerprint density at radius 2 is 1.87 bits per heavy atom. The molecule has 2 aromatic carbocycles. The number of aliphatic hydroxyl groups excluding tert-OH is 1. The summed E-state index contributed by atoms with van der Waals surface area (Å²) in [6.45, 7) is 2.31. The molecular weight excluding hydrogens is 504 g/mol. The average Bonchev–Trinajstić information content (AvgIpc) is 3.62. The first-order valence-electron chi connectivity index (χ1n) is 12.9. The normalized spacial score (nSPS) is 29.6. The van der Waals surface area contributed by atoms with Gasteiger partial charge in [-0.05, 0) is 50.5 Å². The van der Waals surface area contributed by atoms with E-state index in [-0.39, 0.29) is 37.5 Å². The number of aromatic nitrogens is 3. The van der Waals surface area contributed by atoms with Gasteiger partial charge in [-0.2, -0.15) is 0 Å². The fraction of sp³-hybridized carbons (Fsp3) is 0.444. The van der Waals surface area contributed by atoms with E-state index in [1.807, 2.05) is 61.5 Å². The lowest BCUT2D eigenvalue weighted by atomic mass is 9.66. The first-order chi connectivity index (χ1) is 18.4. The van der Waals surface area contributed by atoms with Crippen molar-refractivity contribution < 1.29 is 19.5 Å². The van der Waals surface area contributed by atoms with Crippen LogP contribution in [0.1, 0.15) is 26.2 Å². The number of carbonyl (C=O) groups is 3. The second kappa shape index (κ2) is 9.39. The molecule has 3 saturated heterocycles. The minimum absolute atomic E-state index is 0.0937. The number of rotatable bonds is 8. The minimum atomic E-state index is -0.748. The highest BCUT2D eigenvalue weighted by molar-refractivity contribution is 8.02. The standard InChI is InChI=1S/C27H30N6O4S/c1-26-12-13-27(38-26)21(20(26)23(35)29-17-8-3-2-4-9-17)25(37)32(14-7-15-34)22(27)24(36)28-16-33-19-11-6-5-10-18(19)30-31-33/h2-6,8-11,20-22,34H,7,12-16H2,1H3,(H,28,36)(H,29,35)/t20-,21-,22?,26+,27?/m0/s1. The number of benzene rings is 2. The number of para-hydroxylation sites is 2. The molecule has 2 bridgehead atoms. The molecule has 38 heavy (non-hydrogen) atoms. The number of aliphatic hydroxyl groups is 1. The molecule has 11 heteroatoms. The summed E-state index contributed by atoms with van der Waals surface area (Å²) in [6.07, 6.45) is 1.76. The summed E-state index contributed by atoms with van der Waals surface area (Å²) in [7, 11) is 0. The monoisotopic (exact) mass is 534 g/mol. The van der Waals surface area contributed by atoms with Crippen LogP contribution >= 0.6 is 11.8 Å². The SMILES string of the molecule is C[C@]12CCC3(S1)C(C(=O)NCn1nnc4ccccc41)N(CCCO)C(=O)[C@@H]3[C@H]2C(=O)Nc1ccccc1. The lowest BCUT2D eigenvalue weighted by Gasteiger charge is -2.34. The molecule has 5 atom stereocenters. The number of nitrogens with zero attached hydrogens (tertiary/aromatic N) is 4. The van der Waals surface area contributed by atoms with Gasteiger partial charge in [-0.3, -0.25) is 14.4 Å². The molecule has 3 fully saturated rings. The summed E-state index contributed by atoms with van der Waals surface area (Å²) in [5, 5.41) is 23.8. The van der Waals surface area contributed by atoms with E-state index in [9.17, 15) is 19.5 Å². The highest BCUT2D eigenvalue weighted by Gasteiger charge is 2.77. The maximum absolute atomic E-state index is 14.0. The van der Waals surface area contributed by atoms with Crippen molar-refractivity contribution in [3.63, 3.8) is 0 Å². The number of nitrogens with one attached hydrogen (secondary N) is 2. The molecule has 2 unspecified atom stereocenters. The smallest absolute Gasteiger partial charge is 0.245 e. The van der Waals surface area contributed by atoms with Crippen LogP contribution in [0.5, 0.6) is 0 Å². The molecule has 0 saturated carbocycles. The number of thioether (sulfide) groups is 1. The van der Waals surface area contributed by atoms with Gasteiger partial charge in [0.15, 0.2) is 0 Å². The Hall–Kier alpha value is -3.44. The summed E-state index contributed by atoms with van der Waals surface area (Å²) in [5.74, 6) is -1.84. The zero-order chi connectivity index (χ0) is 26.5. The lowest BCUT2D eigenvalue weighted by Crippen LogP contribution is -2.54. The molecule has 3 aliphatic heterocycles. The summed E-state index contributed by atoms with van der Waals surface area (Å²) in [4.78, 5) is 43.0. The van der Waals surface area contributed by atoms with Crippen LogP contribution in [-0.4, -0.2) is 71.4 Å². The summed E-state index contributed by atoms with van der Waals surface area (Å²) in [5.41, 5.74) is 2.20. The number of hydrogen-bond donors (Lipinski definition) is 3. The fourth-order valence-corrected chi connectivity index (χ4v) is 8.99. The van der Waals surface area contributed by atoms with E-state index in [2.05, 4.69) is 20.9 Å². The lowest BCUT2D eigenvalue weighted by molar-refractivity contribution is -0.139. The molecule has 0 aliphatic carbocycles. The number of fused-ring (bicyclic) bond motifs is 2. The van der Waals surface area contributed by atoms with Gasteiger partial charge in [0.05, 0.1) is 22.1 Å². The van der Waals surface area contributed by atoms with Crippen molar-refractivity contribution in [2.75, 3.05) is 18.5 Å². The van der Waals surface area contributed by atoms with E-state index in [1.165, 1.54) is 0 Å².